The molecular weight excluding hydrogens is 432 g/mol. The zero-order valence-electron chi connectivity index (χ0n) is 18.3. The number of anilines is 1. The molecule has 0 saturated carbocycles. The topological polar surface area (TPSA) is 138 Å². The number of ether oxygens (including phenoxy) is 2. The Labute approximate surface area is 196 Å². The molecule has 5 rings (SSSR count). The predicted molar refractivity (Wildman–Crippen MR) is 123 cm³/mol. The Morgan fingerprint density at radius 3 is 2.76 bits per heavy atom. The third-order valence-corrected chi connectivity index (χ3v) is 5.38. The standard InChI is InChI=1S/C24H22N8O2/c25-11-16-3-1-4-17(9-16)21-10-22(29-24(26)28-21)23-13-32(31-30-23)12-18-5-2-6-19(27-18)14-34-20-7-8-33-15-20/h1-6,9-10,13,20H,7-8,12,14-15H2,(H2,26,28,29)/t20-/m1/s1. The van der Waals surface area contributed by atoms with Crippen molar-refractivity contribution in [3.05, 3.63) is 71.7 Å². The summed E-state index contributed by atoms with van der Waals surface area (Å²) in [6, 6.07) is 16.9. The van der Waals surface area contributed by atoms with Crippen LogP contribution in [0.1, 0.15) is 23.4 Å². The van der Waals surface area contributed by atoms with Crippen LogP contribution >= 0.6 is 0 Å². The lowest BCUT2D eigenvalue weighted by Crippen LogP contribution is -2.13. The van der Waals surface area contributed by atoms with Crippen molar-refractivity contribution in [1.82, 2.24) is 29.9 Å². The molecule has 1 aliphatic rings. The molecule has 3 aromatic heterocycles. The van der Waals surface area contributed by atoms with Gasteiger partial charge in [0.1, 0.15) is 5.69 Å². The minimum atomic E-state index is 0.117. The lowest BCUT2D eigenvalue weighted by atomic mass is 10.1. The number of benzene rings is 1. The molecule has 4 heterocycles. The molecule has 0 bridgehead atoms. The Kier molecular flexibility index (Phi) is 6.20. The van der Waals surface area contributed by atoms with Crippen LogP contribution in [0.2, 0.25) is 0 Å². The Bertz CT molecular complexity index is 1340. The fraction of sp³-hybridized carbons (Fsp3) is 0.250. The van der Waals surface area contributed by atoms with Gasteiger partial charge < -0.3 is 15.2 Å². The molecule has 0 radical (unpaired) electrons. The maximum atomic E-state index is 9.17. The number of nitrogens with zero attached hydrogens (tertiary/aromatic N) is 7. The normalized spacial score (nSPS) is 15.3. The summed E-state index contributed by atoms with van der Waals surface area (Å²) in [7, 11) is 0. The molecule has 2 N–H and O–H groups in total. The van der Waals surface area contributed by atoms with Gasteiger partial charge >= 0.3 is 0 Å². The van der Waals surface area contributed by atoms with Gasteiger partial charge in [-0.05, 0) is 36.8 Å². The van der Waals surface area contributed by atoms with Crippen molar-refractivity contribution in [3.8, 4) is 28.7 Å². The lowest BCUT2D eigenvalue weighted by molar-refractivity contribution is 0.0301. The number of hydrogen-bond donors (Lipinski definition) is 1. The Hall–Kier alpha value is -4.20. The van der Waals surface area contributed by atoms with Crippen LogP contribution in [-0.2, 0) is 22.6 Å². The zero-order chi connectivity index (χ0) is 23.3. The van der Waals surface area contributed by atoms with Gasteiger partial charge in [0, 0.05) is 12.2 Å². The van der Waals surface area contributed by atoms with E-state index in [2.05, 4.69) is 31.3 Å². The quantitative estimate of drug-likeness (QED) is 0.446. The van der Waals surface area contributed by atoms with Crippen molar-refractivity contribution in [2.24, 2.45) is 0 Å². The average molecular weight is 454 g/mol. The van der Waals surface area contributed by atoms with E-state index in [9.17, 15) is 5.26 Å². The second kappa shape index (κ2) is 9.74. The van der Waals surface area contributed by atoms with Crippen LogP contribution < -0.4 is 5.73 Å². The van der Waals surface area contributed by atoms with E-state index in [1.807, 2.05) is 24.3 Å². The van der Waals surface area contributed by atoms with E-state index in [0.717, 1.165) is 30.0 Å². The molecular formula is C24H22N8O2. The molecule has 0 spiro atoms. The fourth-order valence-corrected chi connectivity index (χ4v) is 3.70. The number of aromatic nitrogens is 6. The first kappa shape index (κ1) is 21.6. The van der Waals surface area contributed by atoms with E-state index in [4.69, 9.17) is 15.2 Å². The minimum absolute atomic E-state index is 0.117. The number of nitrogens with two attached hydrogens (primary N) is 1. The number of pyridine rings is 1. The van der Waals surface area contributed by atoms with Crippen molar-refractivity contribution < 1.29 is 9.47 Å². The van der Waals surface area contributed by atoms with Crippen LogP contribution in [0, 0.1) is 11.3 Å². The third kappa shape index (κ3) is 5.06. The van der Waals surface area contributed by atoms with E-state index < -0.39 is 0 Å². The second-order valence-corrected chi connectivity index (χ2v) is 7.91. The Balaban J connectivity index is 1.32. The largest absolute Gasteiger partial charge is 0.379 e. The third-order valence-electron chi connectivity index (χ3n) is 5.38. The van der Waals surface area contributed by atoms with E-state index >= 15 is 0 Å². The van der Waals surface area contributed by atoms with E-state index in [-0.39, 0.29) is 12.1 Å². The summed E-state index contributed by atoms with van der Waals surface area (Å²) in [6.45, 7) is 2.28. The Morgan fingerprint density at radius 2 is 1.91 bits per heavy atom. The molecule has 0 aliphatic carbocycles. The van der Waals surface area contributed by atoms with Gasteiger partial charge in [-0.2, -0.15) is 5.26 Å². The van der Waals surface area contributed by atoms with Crippen molar-refractivity contribution in [2.75, 3.05) is 18.9 Å². The van der Waals surface area contributed by atoms with Gasteiger partial charge in [-0.25, -0.2) is 14.6 Å². The highest BCUT2D eigenvalue weighted by Gasteiger charge is 2.16. The average Bonchev–Trinajstić information content (AvgIpc) is 3.55. The predicted octanol–water partition coefficient (Wildman–Crippen LogP) is 2.60. The highest BCUT2D eigenvalue weighted by atomic mass is 16.5. The molecule has 170 valence electrons. The lowest BCUT2D eigenvalue weighted by Gasteiger charge is -2.10. The first-order chi connectivity index (χ1) is 16.7. The molecule has 0 amide bonds. The van der Waals surface area contributed by atoms with Gasteiger partial charge in [-0.1, -0.05) is 23.4 Å². The van der Waals surface area contributed by atoms with Gasteiger partial charge in [0.2, 0.25) is 5.95 Å². The van der Waals surface area contributed by atoms with Gasteiger partial charge in [-0.3, -0.25) is 4.98 Å². The van der Waals surface area contributed by atoms with Crippen molar-refractivity contribution in [1.29, 1.82) is 5.26 Å². The first-order valence-corrected chi connectivity index (χ1v) is 10.9. The summed E-state index contributed by atoms with van der Waals surface area (Å²) in [5.41, 5.74) is 10.7. The fourth-order valence-electron chi connectivity index (χ4n) is 3.70. The van der Waals surface area contributed by atoms with E-state index in [1.54, 1.807) is 35.1 Å². The van der Waals surface area contributed by atoms with Crippen LogP contribution in [0.25, 0.3) is 22.6 Å². The molecule has 1 saturated heterocycles. The molecule has 4 aromatic rings. The van der Waals surface area contributed by atoms with Crippen LogP contribution in [0.3, 0.4) is 0 Å². The molecule has 1 fully saturated rings. The molecule has 10 heteroatoms. The van der Waals surface area contributed by atoms with Crippen LogP contribution in [-0.4, -0.2) is 49.3 Å². The van der Waals surface area contributed by atoms with Crippen molar-refractivity contribution in [2.45, 2.75) is 25.7 Å². The van der Waals surface area contributed by atoms with Gasteiger partial charge in [0.25, 0.3) is 0 Å². The number of nitrogen functional groups attached to an aromatic ring is 1. The molecule has 1 aliphatic heterocycles. The number of hydrogen-bond acceptors (Lipinski definition) is 9. The minimum Gasteiger partial charge on any atom is -0.379 e. The second-order valence-electron chi connectivity index (χ2n) is 7.91. The highest BCUT2D eigenvalue weighted by molar-refractivity contribution is 5.68. The summed E-state index contributed by atoms with van der Waals surface area (Å²) in [4.78, 5) is 13.3. The summed E-state index contributed by atoms with van der Waals surface area (Å²) >= 11 is 0. The smallest absolute Gasteiger partial charge is 0.221 e. The first-order valence-electron chi connectivity index (χ1n) is 10.9. The number of rotatable bonds is 7. The van der Waals surface area contributed by atoms with E-state index in [0.29, 0.717) is 42.4 Å². The number of nitriles is 1. The molecule has 10 nitrogen and oxygen atoms in total. The SMILES string of the molecule is N#Cc1cccc(-c2cc(-c3cn(Cc4cccc(CO[C@@H]5CCOC5)n4)nn3)nc(N)n2)c1. The van der Waals surface area contributed by atoms with Gasteiger partial charge in [0.05, 0.1) is 66.5 Å². The van der Waals surface area contributed by atoms with Crippen LogP contribution in [0.5, 0.6) is 0 Å². The van der Waals surface area contributed by atoms with Crippen molar-refractivity contribution >= 4 is 5.95 Å². The van der Waals surface area contributed by atoms with Crippen LogP contribution in [0.15, 0.2) is 54.7 Å². The van der Waals surface area contributed by atoms with Gasteiger partial charge in [-0.15, -0.1) is 5.10 Å². The molecule has 1 aromatic carbocycles. The summed E-state index contributed by atoms with van der Waals surface area (Å²) in [6.07, 6.45) is 2.84. The maximum absolute atomic E-state index is 9.17. The monoisotopic (exact) mass is 454 g/mol. The highest BCUT2D eigenvalue weighted by Crippen LogP contribution is 2.24. The summed E-state index contributed by atoms with van der Waals surface area (Å²) in [5.74, 6) is 0.117. The zero-order valence-corrected chi connectivity index (χ0v) is 18.3. The molecule has 1 atom stereocenters. The molecule has 0 unspecified atom stereocenters. The summed E-state index contributed by atoms with van der Waals surface area (Å²) in [5, 5.41) is 17.6. The van der Waals surface area contributed by atoms with Gasteiger partial charge in [0.15, 0.2) is 0 Å². The van der Waals surface area contributed by atoms with Crippen LogP contribution in [0.4, 0.5) is 5.95 Å². The summed E-state index contributed by atoms with van der Waals surface area (Å²) < 4.78 is 12.9. The Morgan fingerprint density at radius 1 is 1.06 bits per heavy atom. The molecule has 34 heavy (non-hydrogen) atoms. The maximum Gasteiger partial charge on any atom is 0.221 e. The van der Waals surface area contributed by atoms with Crippen molar-refractivity contribution in [3.63, 3.8) is 0 Å². The van der Waals surface area contributed by atoms with E-state index in [1.165, 1.54) is 0 Å².